The van der Waals surface area contributed by atoms with Crippen molar-refractivity contribution < 1.29 is 5.11 Å². The summed E-state index contributed by atoms with van der Waals surface area (Å²) in [5, 5.41) is 10.6. The predicted octanol–water partition coefficient (Wildman–Crippen LogP) is 5.02. The van der Waals surface area contributed by atoms with E-state index in [1.54, 1.807) is 6.08 Å². The van der Waals surface area contributed by atoms with E-state index in [2.05, 4.69) is 30.8 Å². The van der Waals surface area contributed by atoms with Crippen LogP contribution in [0.4, 0.5) is 0 Å². The van der Waals surface area contributed by atoms with E-state index < -0.39 is 6.10 Å². The normalized spacial score (nSPS) is 17.5. The lowest BCUT2D eigenvalue weighted by Crippen LogP contribution is -2.33. The van der Waals surface area contributed by atoms with Crippen LogP contribution in [0, 0.1) is 5.92 Å². The molecule has 3 rings (SSSR count). The molecule has 2 heteroatoms. The Morgan fingerprint density at radius 3 is 1.92 bits per heavy atom. The third-order valence-electron chi connectivity index (χ3n) is 5.10. The molecule has 1 saturated carbocycles. The highest BCUT2D eigenvalue weighted by Crippen LogP contribution is 2.30. The van der Waals surface area contributed by atoms with Crippen molar-refractivity contribution in [1.29, 1.82) is 0 Å². The molecule has 0 amide bonds. The Bertz CT molecular complexity index is 645. The summed E-state index contributed by atoms with van der Waals surface area (Å²) < 4.78 is 0. The van der Waals surface area contributed by atoms with Crippen molar-refractivity contribution in [2.24, 2.45) is 10.9 Å². The summed E-state index contributed by atoms with van der Waals surface area (Å²) in [5.41, 5.74) is 3.13. The van der Waals surface area contributed by atoms with E-state index in [-0.39, 0.29) is 6.04 Å². The highest BCUT2D eigenvalue weighted by Gasteiger charge is 2.28. The third-order valence-corrected chi connectivity index (χ3v) is 5.10. The highest BCUT2D eigenvalue weighted by atomic mass is 16.3. The van der Waals surface area contributed by atoms with Gasteiger partial charge in [0.25, 0.3) is 0 Å². The molecular weight excluding hydrogens is 306 g/mol. The molecule has 1 aliphatic carbocycles. The second kappa shape index (κ2) is 8.77. The van der Waals surface area contributed by atoms with Gasteiger partial charge in [0.15, 0.2) is 0 Å². The van der Waals surface area contributed by atoms with Gasteiger partial charge in [-0.3, -0.25) is 4.99 Å². The van der Waals surface area contributed by atoms with Crippen LogP contribution in [0.5, 0.6) is 0 Å². The lowest BCUT2D eigenvalue weighted by molar-refractivity contribution is 0.143. The number of hydrogen-bond donors (Lipinski definition) is 1. The molecule has 2 aromatic rings. The van der Waals surface area contributed by atoms with Gasteiger partial charge in [-0.25, -0.2) is 0 Å². The maximum atomic E-state index is 10.6. The lowest BCUT2D eigenvalue weighted by atomic mass is 9.81. The van der Waals surface area contributed by atoms with Crippen molar-refractivity contribution in [1.82, 2.24) is 0 Å². The van der Waals surface area contributed by atoms with Gasteiger partial charge < -0.3 is 5.11 Å². The smallest absolute Gasteiger partial charge is 0.0944 e. The zero-order valence-corrected chi connectivity index (χ0v) is 14.7. The molecular formula is C23H27NO. The van der Waals surface area contributed by atoms with Crippen LogP contribution in [-0.2, 0) is 0 Å². The van der Waals surface area contributed by atoms with Crippen LogP contribution in [-0.4, -0.2) is 23.0 Å². The number of aliphatic hydroxyl groups is 1. The van der Waals surface area contributed by atoms with Crippen molar-refractivity contribution in [3.8, 4) is 0 Å². The van der Waals surface area contributed by atoms with Gasteiger partial charge in [-0.05, 0) is 18.8 Å². The molecule has 25 heavy (non-hydrogen) atoms. The van der Waals surface area contributed by atoms with Crippen molar-refractivity contribution in [3.05, 3.63) is 84.4 Å². The fourth-order valence-corrected chi connectivity index (χ4v) is 3.73. The maximum Gasteiger partial charge on any atom is 0.0944 e. The fraction of sp³-hybridized carbons (Fsp3) is 0.348. The number of aliphatic hydroxyl groups excluding tert-OH is 1. The lowest BCUT2D eigenvalue weighted by Gasteiger charge is -2.30. The van der Waals surface area contributed by atoms with Crippen LogP contribution in [0.3, 0.4) is 0 Å². The van der Waals surface area contributed by atoms with Gasteiger partial charge in [0.2, 0.25) is 0 Å². The van der Waals surface area contributed by atoms with Gasteiger partial charge in [-0.1, -0.05) is 86.0 Å². The van der Waals surface area contributed by atoms with E-state index in [4.69, 9.17) is 4.99 Å². The highest BCUT2D eigenvalue weighted by molar-refractivity contribution is 6.13. The largest absolute Gasteiger partial charge is 0.387 e. The summed E-state index contributed by atoms with van der Waals surface area (Å²) in [6.07, 6.45) is 7.05. The molecule has 130 valence electrons. The molecule has 0 aromatic heterocycles. The maximum absolute atomic E-state index is 10.6. The molecule has 2 nitrogen and oxygen atoms in total. The van der Waals surface area contributed by atoms with Gasteiger partial charge in [0.1, 0.15) is 0 Å². The fourth-order valence-electron chi connectivity index (χ4n) is 3.73. The minimum atomic E-state index is -0.606. The van der Waals surface area contributed by atoms with E-state index in [1.807, 2.05) is 36.4 Å². The van der Waals surface area contributed by atoms with Gasteiger partial charge >= 0.3 is 0 Å². The average Bonchev–Trinajstić information content (AvgIpc) is 2.70. The van der Waals surface area contributed by atoms with E-state index in [0.29, 0.717) is 5.92 Å². The van der Waals surface area contributed by atoms with Gasteiger partial charge in [-0.2, -0.15) is 0 Å². The average molecular weight is 333 g/mol. The van der Waals surface area contributed by atoms with Gasteiger partial charge in [0.05, 0.1) is 17.9 Å². The molecule has 0 radical (unpaired) electrons. The van der Waals surface area contributed by atoms with Gasteiger partial charge in [-0.15, -0.1) is 6.58 Å². The molecule has 2 atom stereocenters. The number of rotatable bonds is 6. The first-order chi connectivity index (χ1) is 12.3. The summed E-state index contributed by atoms with van der Waals surface area (Å²) in [6.45, 7) is 3.81. The molecule has 0 unspecified atom stereocenters. The van der Waals surface area contributed by atoms with Crippen molar-refractivity contribution in [3.63, 3.8) is 0 Å². The van der Waals surface area contributed by atoms with E-state index in [1.165, 1.54) is 19.3 Å². The van der Waals surface area contributed by atoms with Crippen molar-refractivity contribution in [2.45, 2.75) is 44.2 Å². The Balaban J connectivity index is 2.03. The topological polar surface area (TPSA) is 32.6 Å². The minimum Gasteiger partial charge on any atom is -0.387 e. The minimum absolute atomic E-state index is 0.131. The monoisotopic (exact) mass is 333 g/mol. The summed E-state index contributed by atoms with van der Waals surface area (Å²) in [4.78, 5) is 5.11. The quantitative estimate of drug-likeness (QED) is 0.584. The Morgan fingerprint density at radius 2 is 1.44 bits per heavy atom. The Hall–Kier alpha value is -2.19. The van der Waals surface area contributed by atoms with Crippen LogP contribution in [0.15, 0.2) is 78.3 Å². The third kappa shape index (κ3) is 4.46. The molecule has 0 saturated heterocycles. The number of benzene rings is 2. The van der Waals surface area contributed by atoms with Crippen molar-refractivity contribution in [2.75, 3.05) is 0 Å². The number of aliphatic imine (C=N–C) groups is 1. The van der Waals surface area contributed by atoms with E-state index in [0.717, 1.165) is 29.7 Å². The second-order valence-corrected chi connectivity index (χ2v) is 6.82. The second-order valence-electron chi connectivity index (χ2n) is 6.82. The predicted molar refractivity (Wildman–Crippen MR) is 105 cm³/mol. The molecule has 1 fully saturated rings. The Labute approximate surface area is 150 Å². The Morgan fingerprint density at radius 1 is 0.920 bits per heavy atom. The van der Waals surface area contributed by atoms with Crippen LogP contribution in [0.25, 0.3) is 0 Å². The first-order valence-electron chi connectivity index (χ1n) is 9.29. The molecule has 0 bridgehead atoms. The van der Waals surface area contributed by atoms with Crippen LogP contribution in [0.2, 0.25) is 0 Å². The zero-order valence-electron chi connectivity index (χ0n) is 14.7. The van der Waals surface area contributed by atoms with E-state index in [9.17, 15) is 5.11 Å². The van der Waals surface area contributed by atoms with Gasteiger partial charge in [0, 0.05) is 11.1 Å². The summed E-state index contributed by atoms with van der Waals surface area (Å²) >= 11 is 0. The number of hydrogen-bond acceptors (Lipinski definition) is 2. The van der Waals surface area contributed by atoms with Crippen LogP contribution in [0.1, 0.15) is 43.2 Å². The summed E-state index contributed by atoms with van der Waals surface area (Å²) in [7, 11) is 0. The standard InChI is InChI=1S/C23H27NO/c1-2-21(25)23(20-16-10-5-11-17-20)24-22(18-12-6-3-7-13-18)19-14-8-4-9-15-19/h2-4,6-9,12-15,20-21,23,25H,1,5,10-11,16-17H2/t21-,23+/m0/s1. The number of nitrogens with zero attached hydrogens (tertiary/aromatic N) is 1. The Kier molecular flexibility index (Phi) is 6.19. The molecule has 0 spiro atoms. The van der Waals surface area contributed by atoms with Crippen LogP contribution >= 0.6 is 0 Å². The molecule has 1 aliphatic rings. The SMILES string of the molecule is C=C[C@H](O)[C@H](N=C(c1ccccc1)c1ccccc1)C1CCCCC1. The molecule has 2 aromatic carbocycles. The first-order valence-corrected chi connectivity index (χ1v) is 9.29. The molecule has 0 heterocycles. The van der Waals surface area contributed by atoms with Crippen molar-refractivity contribution >= 4 is 5.71 Å². The first kappa shape index (κ1) is 17.6. The van der Waals surface area contributed by atoms with Crippen LogP contribution < -0.4 is 0 Å². The molecule has 1 N–H and O–H groups in total. The summed E-state index contributed by atoms with van der Waals surface area (Å²) in [6, 6.07) is 20.4. The molecule has 0 aliphatic heterocycles. The van der Waals surface area contributed by atoms with E-state index >= 15 is 0 Å². The zero-order chi connectivity index (χ0) is 17.5. The summed E-state index contributed by atoms with van der Waals surface area (Å²) in [5.74, 6) is 0.421.